The molecule has 0 radical (unpaired) electrons. The predicted molar refractivity (Wildman–Crippen MR) is 39.0 cm³/mol. The van der Waals surface area contributed by atoms with E-state index in [1.807, 2.05) is 0 Å². The number of benzene rings is 1. The van der Waals surface area contributed by atoms with E-state index >= 15 is 0 Å². The van der Waals surface area contributed by atoms with Gasteiger partial charge in [-0.3, -0.25) is 4.21 Å². The summed E-state index contributed by atoms with van der Waals surface area (Å²) >= 11 is -2.10. The van der Waals surface area contributed by atoms with Crippen molar-refractivity contribution in [3.63, 3.8) is 0 Å². The summed E-state index contributed by atoms with van der Waals surface area (Å²) < 4.78 is 32.6. The molecule has 0 heterocycles. The Hall–Kier alpha value is 0.260. The van der Waals surface area contributed by atoms with Crippen LogP contribution in [0.15, 0.2) is 24.3 Å². The number of halogens is 1. The van der Waals surface area contributed by atoms with E-state index in [4.69, 9.17) is 0 Å². The molecule has 0 fully saturated rings. The molecule has 0 aliphatic heterocycles. The Labute approximate surface area is 94.8 Å². The molecule has 1 aromatic rings. The first kappa shape index (κ1) is 12.3. The summed E-state index contributed by atoms with van der Waals surface area (Å²) in [6.45, 7) is 0. The van der Waals surface area contributed by atoms with Crippen LogP contribution in [0.2, 0.25) is 0 Å². The van der Waals surface area contributed by atoms with Crippen LogP contribution in [0, 0.1) is 5.82 Å². The number of hydrogen-bond donors (Lipinski definition) is 0. The number of rotatable bonds is 2. The van der Waals surface area contributed by atoms with Gasteiger partial charge in [-0.1, -0.05) is 23.2 Å². The Morgan fingerprint density at radius 1 is 1.33 bits per heavy atom. The van der Waals surface area contributed by atoms with Gasteiger partial charge in [0, 0.05) is 5.75 Å². The van der Waals surface area contributed by atoms with Crippen LogP contribution in [0.4, 0.5) is 4.39 Å². The topological polar surface area (TPSA) is 40.1 Å². The van der Waals surface area contributed by atoms with E-state index in [9.17, 15) is 13.2 Å². The Morgan fingerprint density at radius 2 is 1.83 bits per heavy atom. The largest absolute Gasteiger partial charge is 1.00 e. The summed E-state index contributed by atoms with van der Waals surface area (Å²) in [6, 6.07) is 5.38. The Morgan fingerprint density at radius 3 is 2.25 bits per heavy atom. The van der Waals surface area contributed by atoms with Crippen LogP contribution in [0.3, 0.4) is 0 Å². The van der Waals surface area contributed by atoms with Gasteiger partial charge in [0.1, 0.15) is 5.82 Å². The van der Waals surface area contributed by atoms with E-state index in [2.05, 4.69) is 0 Å². The van der Waals surface area contributed by atoms with Gasteiger partial charge in [-0.25, -0.2) is 4.39 Å². The van der Waals surface area contributed by atoms with Gasteiger partial charge in [-0.05, 0) is 17.7 Å². The SMILES string of the molecule is O=S([O-])Cc1ccc(F)cc1.[Na+]. The van der Waals surface area contributed by atoms with Crippen molar-refractivity contribution in [3.8, 4) is 0 Å². The quantitative estimate of drug-likeness (QED) is 0.414. The van der Waals surface area contributed by atoms with E-state index < -0.39 is 11.1 Å². The maximum atomic E-state index is 12.3. The molecule has 60 valence electrons. The molecule has 0 spiro atoms. The monoisotopic (exact) mass is 196 g/mol. The maximum Gasteiger partial charge on any atom is 1.00 e. The minimum absolute atomic E-state index is 0. The molecule has 0 aliphatic carbocycles. The van der Waals surface area contributed by atoms with E-state index in [1.165, 1.54) is 24.3 Å². The summed E-state index contributed by atoms with van der Waals surface area (Å²) in [5, 5.41) is 0. The average molecular weight is 196 g/mol. The van der Waals surface area contributed by atoms with Crippen LogP contribution in [0.5, 0.6) is 0 Å². The van der Waals surface area contributed by atoms with Crippen molar-refractivity contribution in [1.82, 2.24) is 0 Å². The molecule has 2 nitrogen and oxygen atoms in total. The molecule has 0 saturated carbocycles. The molecule has 1 aromatic carbocycles. The van der Waals surface area contributed by atoms with Gasteiger partial charge < -0.3 is 4.55 Å². The standard InChI is InChI=1S/C7H7FO2S.Na/c8-7-3-1-6(2-4-7)5-11(9)10;/h1-4H,5H2,(H,9,10);/q;+1/p-1. The molecule has 1 atom stereocenters. The van der Waals surface area contributed by atoms with Gasteiger partial charge in [0.15, 0.2) is 0 Å². The Kier molecular flexibility index (Phi) is 5.96. The van der Waals surface area contributed by atoms with Crippen LogP contribution in [-0.2, 0) is 16.8 Å². The molecule has 0 saturated heterocycles. The van der Waals surface area contributed by atoms with Crippen LogP contribution in [0.1, 0.15) is 5.56 Å². The smallest absolute Gasteiger partial charge is 0.772 e. The van der Waals surface area contributed by atoms with E-state index in [0.717, 1.165) is 0 Å². The van der Waals surface area contributed by atoms with Gasteiger partial charge in [-0.15, -0.1) is 0 Å². The fourth-order valence-corrected chi connectivity index (χ4v) is 1.18. The van der Waals surface area contributed by atoms with Crippen LogP contribution in [0.25, 0.3) is 0 Å². The first-order valence-corrected chi connectivity index (χ1v) is 4.23. The fraction of sp³-hybridized carbons (Fsp3) is 0.143. The molecular weight excluding hydrogens is 190 g/mol. The zero-order valence-corrected chi connectivity index (χ0v) is 9.44. The molecule has 0 aliphatic rings. The average Bonchev–Trinajstić information content (AvgIpc) is 1.93. The fourth-order valence-electron chi connectivity index (χ4n) is 0.717. The number of hydrogen-bond acceptors (Lipinski definition) is 2. The second-order valence-corrected chi connectivity index (χ2v) is 2.97. The summed E-state index contributed by atoms with van der Waals surface area (Å²) in [5.74, 6) is -0.411. The molecule has 5 heteroatoms. The second kappa shape index (κ2) is 5.83. The summed E-state index contributed by atoms with van der Waals surface area (Å²) in [4.78, 5) is 0. The Bertz CT molecular complexity index is 263. The molecule has 0 aromatic heterocycles. The second-order valence-electron chi connectivity index (χ2n) is 2.07. The summed E-state index contributed by atoms with van der Waals surface area (Å²) in [7, 11) is 0. The molecule has 0 amide bonds. The molecule has 12 heavy (non-hydrogen) atoms. The molecule has 1 rings (SSSR count). The first-order chi connectivity index (χ1) is 5.18. The van der Waals surface area contributed by atoms with Crippen molar-refractivity contribution >= 4 is 11.1 Å². The molecule has 0 bridgehead atoms. The van der Waals surface area contributed by atoms with Crippen molar-refractivity contribution in [2.24, 2.45) is 0 Å². The zero-order chi connectivity index (χ0) is 8.27. The van der Waals surface area contributed by atoms with Crippen LogP contribution < -0.4 is 29.6 Å². The van der Waals surface area contributed by atoms with Gasteiger partial charge in [0.25, 0.3) is 0 Å². The molecule has 1 unspecified atom stereocenters. The van der Waals surface area contributed by atoms with Gasteiger partial charge in [0.05, 0.1) is 0 Å². The van der Waals surface area contributed by atoms with Crippen molar-refractivity contribution in [1.29, 1.82) is 0 Å². The van der Waals surface area contributed by atoms with Crippen LogP contribution in [-0.4, -0.2) is 8.76 Å². The van der Waals surface area contributed by atoms with E-state index in [-0.39, 0.29) is 41.1 Å². The van der Waals surface area contributed by atoms with Gasteiger partial charge in [-0.2, -0.15) is 0 Å². The third-order valence-electron chi connectivity index (χ3n) is 1.20. The molecule has 0 N–H and O–H groups in total. The minimum Gasteiger partial charge on any atom is -0.772 e. The van der Waals surface area contributed by atoms with Crippen molar-refractivity contribution in [3.05, 3.63) is 35.6 Å². The van der Waals surface area contributed by atoms with E-state index in [0.29, 0.717) is 5.56 Å². The van der Waals surface area contributed by atoms with Crippen LogP contribution >= 0.6 is 0 Å². The third kappa shape index (κ3) is 4.33. The summed E-state index contributed by atoms with van der Waals surface area (Å²) in [5.41, 5.74) is 0.597. The van der Waals surface area contributed by atoms with Crippen molar-refractivity contribution in [2.45, 2.75) is 5.75 Å². The van der Waals surface area contributed by atoms with E-state index in [1.54, 1.807) is 0 Å². The maximum absolute atomic E-state index is 12.3. The Balaban J connectivity index is 0.00000121. The van der Waals surface area contributed by atoms with Gasteiger partial charge >= 0.3 is 29.6 Å². The summed E-state index contributed by atoms with van der Waals surface area (Å²) in [6.07, 6.45) is 0. The first-order valence-electron chi connectivity index (χ1n) is 2.99. The van der Waals surface area contributed by atoms with Crippen molar-refractivity contribution < 1.29 is 42.7 Å². The van der Waals surface area contributed by atoms with Gasteiger partial charge in [0.2, 0.25) is 0 Å². The third-order valence-corrected chi connectivity index (χ3v) is 1.77. The normalized spacial score (nSPS) is 11.8. The molecular formula is C7H6FNaO2S. The van der Waals surface area contributed by atoms with Crippen molar-refractivity contribution in [2.75, 3.05) is 0 Å². The zero-order valence-electron chi connectivity index (χ0n) is 6.62. The minimum atomic E-state index is -2.10. The predicted octanol–water partition coefficient (Wildman–Crippen LogP) is -1.79.